The highest BCUT2D eigenvalue weighted by atomic mass is 16.3. The van der Waals surface area contributed by atoms with Crippen molar-refractivity contribution in [1.82, 2.24) is 0 Å². The SMILES string of the molecule is CC1(C)CCCC(Nc2ccccc2CO)C1. The molecule has 1 aromatic rings. The van der Waals surface area contributed by atoms with Crippen LogP contribution in [0.2, 0.25) is 0 Å². The lowest BCUT2D eigenvalue weighted by Crippen LogP contribution is -2.32. The van der Waals surface area contributed by atoms with E-state index in [1.807, 2.05) is 18.2 Å². The van der Waals surface area contributed by atoms with Crippen molar-refractivity contribution in [2.45, 2.75) is 52.2 Å². The maximum absolute atomic E-state index is 9.31. The van der Waals surface area contributed by atoms with Gasteiger partial charge in [0.2, 0.25) is 0 Å². The van der Waals surface area contributed by atoms with Gasteiger partial charge < -0.3 is 10.4 Å². The molecule has 1 unspecified atom stereocenters. The molecule has 0 aromatic heterocycles. The topological polar surface area (TPSA) is 32.3 Å². The second-order valence-electron chi connectivity index (χ2n) is 5.92. The van der Waals surface area contributed by atoms with Crippen molar-refractivity contribution in [1.29, 1.82) is 0 Å². The maximum atomic E-state index is 9.31. The Labute approximate surface area is 104 Å². The summed E-state index contributed by atoms with van der Waals surface area (Å²) >= 11 is 0. The quantitative estimate of drug-likeness (QED) is 0.836. The lowest BCUT2D eigenvalue weighted by molar-refractivity contribution is 0.229. The highest BCUT2D eigenvalue weighted by Gasteiger charge is 2.27. The normalized spacial score (nSPS) is 23.4. The Balaban J connectivity index is 2.05. The molecular weight excluding hydrogens is 210 g/mol. The predicted octanol–water partition coefficient (Wildman–Crippen LogP) is 3.56. The lowest BCUT2D eigenvalue weighted by atomic mass is 9.75. The molecule has 2 rings (SSSR count). The molecule has 1 aromatic carbocycles. The Bertz CT molecular complexity index is 373. The van der Waals surface area contributed by atoms with Crippen molar-refractivity contribution in [3.8, 4) is 0 Å². The highest BCUT2D eigenvalue weighted by Crippen LogP contribution is 2.36. The van der Waals surface area contributed by atoms with Gasteiger partial charge in [-0.05, 0) is 30.7 Å². The van der Waals surface area contributed by atoms with E-state index in [1.165, 1.54) is 25.7 Å². The minimum Gasteiger partial charge on any atom is -0.392 e. The van der Waals surface area contributed by atoms with E-state index in [-0.39, 0.29) is 6.61 Å². The van der Waals surface area contributed by atoms with Crippen LogP contribution in [0, 0.1) is 5.41 Å². The summed E-state index contributed by atoms with van der Waals surface area (Å²) in [5.74, 6) is 0. The summed E-state index contributed by atoms with van der Waals surface area (Å²) in [6.45, 7) is 4.80. The van der Waals surface area contributed by atoms with Crippen LogP contribution in [0.1, 0.15) is 45.1 Å². The lowest BCUT2D eigenvalue weighted by Gasteiger charge is -2.36. The van der Waals surface area contributed by atoms with Crippen molar-refractivity contribution >= 4 is 5.69 Å². The highest BCUT2D eigenvalue weighted by molar-refractivity contribution is 5.51. The van der Waals surface area contributed by atoms with Crippen LogP contribution in [0.3, 0.4) is 0 Å². The molecule has 1 aliphatic rings. The molecule has 0 aliphatic heterocycles. The molecule has 94 valence electrons. The van der Waals surface area contributed by atoms with E-state index in [9.17, 15) is 5.11 Å². The second kappa shape index (κ2) is 5.09. The van der Waals surface area contributed by atoms with Crippen LogP contribution in [0.5, 0.6) is 0 Å². The van der Waals surface area contributed by atoms with Crippen LogP contribution >= 0.6 is 0 Å². The Morgan fingerprint density at radius 2 is 2.12 bits per heavy atom. The van der Waals surface area contributed by atoms with E-state index < -0.39 is 0 Å². The third-order valence-electron chi connectivity index (χ3n) is 3.75. The Kier molecular flexibility index (Phi) is 3.72. The van der Waals surface area contributed by atoms with Crippen LogP contribution in [0.25, 0.3) is 0 Å². The number of benzene rings is 1. The fourth-order valence-electron chi connectivity index (χ4n) is 2.84. The summed E-state index contributed by atoms with van der Waals surface area (Å²) in [4.78, 5) is 0. The molecular formula is C15H23NO. The third kappa shape index (κ3) is 3.22. The average molecular weight is 233 g/mol. The molecule has 0 heterocycles. The molecule has 2 heteroatoms. The number of aliphatic hydroxyl groups is 1. The number of rotatable bonds is 3. The maximum Gasteiger partial charge on any atom is 0.0701 e. The summed E-state index contributed by atoms with van der Waals surface area (Å²) in [5.41, 5.74) is 2.54. The smallest absolute Gasteiger partial charge is 0.0701 e. The zero-order valence-electron chi connectivity index (χ0n) is 10.9. The van der Waals surface area contributed by atoms with Gasteiger partial charge in [0, 0.05) is 17.3 Å². The fourth-order valence-corrected chi connectivity index (χ4v) is 2.84. The molecule has 2 N–H and O–H groups in total. The average Bonchev–Trinajstić information content (AvgIpc) is 2.28. The van der Waals surface area contributed by atoms with Gasteiger partial charge >= 0.3 is 0 Å². The summed E-state index contributed by atoms with van der Waals surface area (Å²) in [6, 6.07) is 8.59. The molecule has 17 heavy (non-hydrogen) atoms. The Morgan fingerprint density at radius 3 is 2.82 bits per heavy atom. The van der Waals surface area contributed by atoms with E-state index in [0.29, 0.717) is 11.5 Å². The van der Waals surface area contributed by atoms with Crippen molar-refractivity contribution < 1.29 is 5.11 Å². The largest absolute Gasteiger partial charge is 0.392 e. The summed E-state index contributed by atoms with van der Waals surface area (Å²) in [5, 5.41) is 12.9. The number of anilines is 1. The third-order valence-corrected chi connectivity index (χ3v) is 3.75. The minimum absolute atomic E-state index is 0.110. The molecule has 1 fully saturated rings. The standard InChI is InChI=1S/C15H23NO/c1-15(2)9-5-7-13(10-15)16-14-8-4-3-6-12(14)11-17/h3-4,6,8,13,16-17H,5,7,9-11H2,1-2H3. The molecule has 1 aliphatic carbocycles. The van der Waals surface area contributed by atoms with Gasteiger partial charge in [0.1, 0.15) is 0 Å². The van der Waals surface area contributed by atoms with Crippen LogP contribution < -0.4 is 5.32 Å². The number of hydrogen-bond donors (Lipinski definition) is 2. The number of nitrogens with one attached hydrogen (secondary N) is 1. The summed E-state index contributed by atoms with van der Waals surface area (Å²) in [6.07, 6.45) is 5.08. The van der Waals surface area contributed by atoms with Crippen LogP contribution in [-0.2, 0) is 6.61 Å². The van der Waals surface area contributed by atoms with Crippen molar-refractivity contribution in [2.24, 2.45) is 5.41 Å². The molecule has 0 bridgehead atoms. The van der Waals surface area contributed by atoms with E-state index in [2.05, 4.69) is 25.2 Å². The van der Waals surface area contributed by atoms with Gasteiger partial charge in [-0.1, -0.05) is 38.5 Å². The van der Waals surface area contributed by atoms with E-state index in [4.69, 9.17) is 0 Å². The van der Waals surface area contributed by atoms with E-state index in [1.54, 1.807) is 0 Å². The van der Waals surface area contributed by atoms with Gasteiger partial charge in [0.05, 0.1) is 6.61 Å². The molecule has 1 saturated carbocycles. The first-order chi connectivity index (χ1) is 8.11. The number of aliphatic hydroxyl groups excluding tert-OH is 1. The predicted molar refractivity (Wildman–Crippen MR) is 72.0 cm³/mol. The number of hydrogen-bond acceptors (Lipinski definition) is 2. The first-order valence-corrected chi connectivity index (χ1v) is 6.56. The monoisotopic (exact) mass is 233 g/mol. The van der Waals surface area contributed by atoms with E-state index >= 15 is 0 Å². The minimum atomic E-state index is 0.110. The Hall–Kier alpha value is -1.02. The zero-order chi connectivity index (χ0) is 12.3. The Morgan fingerprint density at radius 1 is 1.35 bits per heavy atom. The van der Waals surface area contributed by atoms with Crippen LogP contribution in [-0.4, -0.2) is 11.1 Å². The first-order valence-electron chi connectivity index (χ1n) is 6.56. The molecule has 0 radical (unpaired) electrons. The summed E-state index contributed by atoms with van der Waals surface area (Å²) < 4.78 is 0. The van der Waals surface area contributed by atoms with Gasteiger partial charge in [-0.3, -0.25) is 0 Å². The van der Waals surface area contributed by atoms with Crippen LogP contribution in [0.4, 0.5) is 5.69 Å². The van der Waals surface area contributed by atoms with Crippen molar-refractivity contribution in [3.05, 3.63) is 29.8 Å². The molecule has 0 spiro atoms. The van der Waals surface area contributed by atoms with E-state index in [0.717, 1.165) is 11.3 Å². The second-order valence-corrected chi connectivity index (χ2v) is 5.92. The molecule has 1 atom stereocenters. The number of para-hydroxylation sites is 1. The molecule has 0 amide bonds. The summed E-state index contributed by atoms with van der Waals surface area (Å²) in [7, 11) is 0. The van der Waals surface area contributed by atoms with Crippen molar-refractivity contribution in [3.63, 3.8) is 0 Å². The fraction of sp³-hybridized carbons (Fsp3) is 0.600. The van der Waals surface area contributed by atoms with Gasteiger partial charge in [-0.25, -0.2) is 0 Å². The van der Waals surface area contributed by atoms with Gasteiger partial charge in [0.15, 0.2) is 0 Å². The van der Waals surface area contributed by atoms with Gasteiger partial charge in [-0.2, -0.15) is 0 Å². The van der Waals surface area contributed by atoms with Crippen molar-refractivity contribution in [2.75, 3.05) is 5.32 Å². The molecule has 0 saturated heterocycles. The first kappa shape index (κ1) is 12.4. The van der Waals surface area contributed by atoms with Crippen LogP contribution in [0.15, 0.2) is 24.3 Å². The van der Waals surface area contributed by atoms with Gasteiger partial charge in [0.25, 0.3) is 0 Å². The van der Waals surface area contributed by atoms with Gasteiger partial charge in [-0.15, -0.1) is 0 Å². The zero-order valence-corrected chi connectivity index (χ0v) is 10.9. The molecule has 2 nitrogen and oxygen atoms in total.